The number of amides is 1. The number of rotatable bonds is 6. The van der Waals surface area contributed by atoms with Crippen molar-refractivity contribution in [3.8, 4) is 0 Å². The molecule has 2 atom stereocenters. The summed E-state index contributed by atoms with van der Waals surface area (Å²) in [6.07, 6.45) is 5.13. The van der Waals surface area contributed by atoms with E-state index in [2.05, 4.69) is 27.3 Å². The van der Waals surface area contributed by atoms with Crippen molar-refractivity contribution in [2.75, 3.05) is 26.2 Å². The molecule has 130 valence electrons. The van der Waals surface area contributed by atoms with Crippen LogP contribution < -0.4 is 5.32 Å². The van der Waals surface area contributed by atoms with Gasteiger partial charge in [0.25, 0.3) is 0 Å². The van der Waals surface area contributed by atoms with Gasteiger partial charge in [-0.15, -0.1) is 0 Å². The number of carbonyl (C=O) groups excluding carboxylic acids is 1. The Bertz CT molecular complexity index is 653. The van der Waals surface area contributed by atoms with E-state index >= 15 is 0 Å². The van der Waals surface area contributed by atoms with Crippen molar-refractivity contribution in [3.05, 3.63) is 36.4 Å². The third-order valence-electron chi connectivity index (χ3n) is 4.39. The molecule has 0 unspecified atom stereocenters. The summed E-state index contributed by atoms with van der Waals surface area (Å²) in [5.41, 5.74) is 1.10. The Hall–Kier alpha value is -2.19. The zero-order chi connectivity index (χ0) is 16.9. The molecule has 1 fully saturated rings. The molecule has 0 radical (unpaired) electrons. The summed E-state index contributed by atoms with van der Waals surface area (Å²) in [7, 11) is 1.94. The number of nitrogens with zero attached hydrogens (tertiary/aromatic N) is 5. The highest BCUT2D eigenvalue weighted by atomic mass is 16.5. The SMILES string of the molecule is CCN1CCO[C@@H](CNC(=O)Cn2cccn2)[C@@H]1c1ccnn1C. The third-order valence-corrected chi connectivity index (χ3v) is 4.39. The monoisotopic (exact) mass is 332 g/mol. The largest absolute Gasteiger partial charge is 0.373 e. The topological polar surface area (TPSA) is 77.2 Å². The number of hydrogen-bond donors (Lipinski definition) is 1. The fraction of sp³-hybridized carbons (Fsp3) is 0.562. The first kappa shape index (κ1) is 16.7. The zero-order valence-electron chi connectivity index (χ0n) is 14.1. The minimum Gasteiger partial charge on any atom is -0.373 e. The average Bonchev–Trinajstić information content (AvgIpc) is 3.24. The van der Waals surface area contributed by atoms with Gasteiger partial charge in [0.05, 0.1) is 24.4 Å². The number of carbonyl (C=O) groups is 1. The standard InChI is InChI=1S/C16H24N6O2/c1-3-21-9-10-24-14(16(21)13-5-7-18-20(13)2)11-17-15(23)12-22-8-4-6-19-22/h4-8,14,16H,3,9-12H2,1-2H3,(H,17,23)/t14-,16-/m0/s1. The lowest BCUT2D eigenvalue weighted by molar-refractivity contribution is -0.124. The van der Waals surface area contributed by atoms with Crippen molar-refractivity contribution in [2.45, 2.75) is 25.6 Å². The van der Waals surface area contributed by atoms with Gasteiger partial charge in [0.15, 0.2) is 0 Å². The lowest BCUT2D eigenvalue weighted by Gasteiger charge is -2.40. The van der Waals surface area contributed by atoms with Crippen LogP contribution >= 0.6 is 0 Å². The molecule has 1 aliphatic rings. The molecule has 3 rings (SSSR count). The van der Waals surface area contributed by atoms with Gasteiger partial charge in [0, 0.05) is 38.7 Å². The molecule has 1 amide bonds. The van der Waals surface area contributed by atoms with Crippen LogP contribution in [0.4, 0.5) is 0 Å². The van der Waals surface area contributed by atoms with Gasteiger partial charge in [0.1, 0.15) is 6.54 Å². The molecule has 1 N–H and O–H groups in total. The summed E-state index contributed by atoms with van der Waals surface area (Å²) in [5.74, 6) is -0.0697. The molecule has 3 heterocycles. The summed E-state index contributed by atoms with van der Waals surface area (Å²) in [5, 5.41) is 11.3. The first-order valence-electron chi connectivity index (χ1n) is 8.26. The minimum absolute atomic E-state index is 0.0697. The maximum atomic E-state index is 12.1. The smallest absolute Gasteiger partial charge is 0.241 e. The molecule has 0 saturated carbocycles. The molecule has 0 aromatic carbocycles. The Morgan fingerprint density at radius 3 is 2.96 bits per heavy atom. The van der Waals surface area contributed by atoms with Gasteiger partial charge < -0.3 is 10.1 Å². The van der Waals surface area contributed by atoms with Crippen LogP contribution in [-0.2, 0) is 23.1 Å². The van der Waals surface area contributed by atoms with Gasteiger partial charge in [-0.1, -0.05) is 6.92 Å². The van der Waals surface area contributed by atoms with Crippen molar-refractivity contribution < 1.29 is 9.53 Å². The van der Waals surface area contributed by atoms with Crippen LogP contribution in [0, 0.1) is 0 Å². The lowest BCUT2D eigenvalue weighted by atomic mass is 10.0. The first-order chi connectivity index (χ1) is 11.7. The molecule has 2 aromatic rings. The van der Waals surface area contributed by atoms with Crippen LogP contribution in [-0.4, -0.2) is 62.7 Å². The molecule has 2 aromatic heterocycles. The molecule has 0 spiro atoms. The summed E-state index contributed by atoms with van der Waals surface area (Å²) >= 11 is 0. The number of aromatic nitrogens is 4. The van der Waals surface area contributed by atoms with Crippen LogP contribution in [0.1, 0.15) is 18.7 Å². The van der Waals surface area contributed by atoms with E-state index in [1.54, 1.807) is 29.3 Å². The second-order valence-electron chi connectivity index (χ2n) is 5.87. The predicted octanol–water partition coefficient (Wildman–Crippen LogP) is 0.195. The Labute approximate surface area is 141 Å². The van der Waals surface area contributed by atoms with Gasteiger partial charge in [0.2, 0.25) is 5.91 Å². The van der Waals surface area contributed by atoms with Crippen molar-refractivity contribution >= 4 is 5.91 Å². The van der Waals surface area contributed by atoms with Gasteiger partial charge >= 0.3 is 0 Å². The highest BCUT2D eigenvalue weighted by Gasteiger charge is 2.34. The van der Waals surface area contributed by atoms with E-state index in [-0.39, 0.29) is 24.6 Å². The van der Waals surface area contributed by atoms with Crippen molar-refractivity contribution in [1.29, 1.82) is 0 Å². The molecule has 1 saturated heterocycles. The van der Waals surface area contributed by atoms with Gasteiger partial charge in [-0.2, -0.15) is 10.2 Å². The predicted molar refractivity (Wildman–Crippen MR) is 88.2 cm³/mol. The maximum absolute atomic E-state index is 12.1. The average molecular weight is 332 g/mol. The summed E-state index contributed by atoms with van der Waals surface area (Å²) in [6, 6.07) is 3.90. The number of ether oxygens (including phenoxy) is 1. The van der Waals surface area contributed by atoms with Crippen molar-refractivity contribution in [3.63, 3.8) is 0 Å². The molecule has 8 heteroatoms. The maximum Gasteiger partial charge on any atom is 0.241 e. The van der Waals surface area contributed by atoms with Crippen LogP contribution in [0.3, 0.4) is 0 Å². The Morgan fingerprint density at radius 1 is 1.42 bits per heavy atom. The van der Waals surface area contributed by atoms with Crippen LogP contribution in [0.15, 0.2) is 30.7 Å². The van der Waals surface area contributed by atoms with Gasteiger partial charge in [-0.05, 0) is 18.7 Å². The van der Waals surface area contributed by atoms with E-state index in [9.17, 15) is 4.79 Å². The van der Waals surface area contributed by atoms with Crippen LogP contribution in [0.5, 0.6) is 0 Å². The van der Waals surface area contributed by atoms with Crippen LogP contribution in [0.2, 0.25) is 0 Å². The van der Waals surface area contributed by atoms with E-state index in [4.69, 9.17) is 4.74 Å². The molecular formula is C16H24N6O2. The van der Waals surface area contributed by atoms with Crippen LogP contribution in [0.25, 0.3) is 0 Å². The van der Waals surface area contributed by atoms with Gasteiger partial charge in [-0.25, -0.2) is 0 Å². The number of aryl methyl sites for hydroxylation is 1. The second kappa shape index (κ2) is 7.59. The first-order valence-corrected chi connectivity index (χ1v) is 8.26. The molecule has 0 bridgehead atoms. The van der Waals surface area contributed by atoms with E-state index < -0.39 is 0 Å². The molecular weight excluding hydrogens is 308 g/mol. The fourth-order valence-corrected chi connectivity index (χ4v) is 3.18. The minimum atomic E-state index is -0.101. The normalized spacial score (nSPS) is 21.8. The van der Waals surface area contributed by atoms with E-state index in [0.717, 1.165) is 18.8 Å². The van der Waals surface area contributed by atoms with Gasteiger partial charge in [-0.3, -0.25) is 19.1 Å². The highest BCUT2D eigenvalue weighted by molar-refractivity contribution is 5.75. The third kappa shape index (κ3) is 3.65. The Morgan fingerprint density at radius 2 is 2.29 bits per heavy atom. The summed E-state index contributed by atoms with van der Waals surface area (Å²) < 4.78 is 9.45. The number of hydrogen-bond acceptors (Lipinski definition) is 5. The molecule has 24 heavy (non-hydrogen) atoms. The Kier molecular flexibility index (Phi) is 5.27. The summed E-state index contributed by atoms with van der Waals surface area (Å²) in [4.78, 5) is 14.5. The number of morpholine rings is 1. The number of nitrogens with one attached hydrogen (secondary N) is 1. The van der Waals surface area contributed by atoms with E-state index in [1.807, 2.05) is 17.8 Å². The van der Waals surface area contributed by atoms with Crippen molar-refractivity contribution in [2.24, 2.45) is 7.05 Å². The van der Waals surface area contributed by atoms with Crippen molar-refractivity contribution in [1.82, 2.24) is 29.8 Å². The number of likely N-dealkylation sites (N-methyl/N-ethyl adjacent to an activating group) is 1. The molecule has 1 aliphatic heterocycles. The van der Waals surface area contributed by atoms with E-state index in [1.165, 1.54) is 0 Å². The zero-order valence-corrected chi connectivity index (χ0v) is 14.1. The summed E-state index contributed by atoms with van der Waals surface area (Å²) in [6.45, 7) is 5.30. The highest BCUT2D eigenvalue weighted by Crippen LogP contribution is 2.28. The fourth-order valence-electron chi connectivity index (χ4n) is 3.18. The second-order valence-corrected chi connectivity index (χ2v) is 5.87. The lowest BCUT2D eigenvalue weighted by Crippen LogP contribution is -2.50. The molecule has 0 aliphatic carbocycles. The quantitative estimate of drug-likeness (QED) is 0.817. The Balaban J connectivity index is 1.65. The molecule has 8 nitrogen and oxygen atoms in total. The van der Waals surface area contributed by atoms with E-state index in [0.29, 0.717) is 13.2 Å².